The predicted octanol–water partition coefficient (Wildman–Crippen LogP) is 1.56. The number of nitrogens with zero attached hydrogens (tertiary/aromatic N) is 2. The van der Waals surface area contributed by atoms with Gasteiger partial charge in [-0.1, -0.05) is 23.7 Å². The lowest BCUT2D eigenvalue weighted by atomic mass is 9.91. The number of hydrogen-bond donors (Lipinski definition) is 1. The van der Waals surface area contributed by atoms with Crippen molar-refractivity contribution in [2.24, 2.45) is 11.3 Å². The molecule has 8 heteroatoms. The van der Waals surface area contributed by atoms with E-state index < -0.39 is 10.0 Å². The number of piperidine rings is 1. The van der Waals surface area contributed by atoms with Gasteiger partial charge in [0.15, 0.2) is 0 Å². The van der Waals surface area contributed by atoms with Crippen LogP contribution < -0.4 is 5.32 Å². The van der Waals surface area contributed by atoms with E-state index in [9.17, 15) is 13.2 Å². The molecule has 26 heavy (non-hydrogen) atoms. The topological polar surface area (TPSA) is 69.7 Å². The summed E-state index contributed by atoms with van der Waals surface area (Å²) >= 11 is 6.06. The predicted molar refractivity (Wildman–Crippen MR) is 99.4 cm³/mol. The molecule has 0 aromatic heterocycles. The summed E-state index contributed by atoms with van der Waals surface area (Å²) in [5.41, 5.74) is 0.211. The first-order valence-electron chi connectivity index (χ1n) is 9.18. The van der Waals surface area contributed by atoms with Gasteiger partial charge in [-0.2, -0.15) is 4.31 Å². The first kappa shape index (κ1) is 18.2. The molecule has 0 bridgehead atoms. The number of piperazine rings is 1. The molecule has 0 radical (unpaired) electrons. The number of rotatable bonds is 3. The summed E-state index contributed by atoms with van der Waals surface area (Å²) in [5.74, 6) is 0.345. The van der Waals surface area contributed by atoms with Crippen molar-refractivity contribution in [1.82, 2.24) is 14.5 Å². The Labute approximate surface area is 159 Å². The van der Waals surface area contributed by atoms with Crippen molar-refractivity contribution in [2.45, 2.75) is 24.2 Å². The third kappa shape index (κ3) is 3.15. The van der Waals surface area contributed by atoms with Gasteiger partial charge in [-0.25, -0.2) is 8.42 Å². The van der Waals surface area contributed by atoms with E-state index in [1.165, 1.54) is 10.4 Å². The maximum Gasteiger partial charge on any atom is 0.244 e. The van der Waals surface area contributed by atoms with Crippen LogP contribution in [0.15, 0.2) is 29.2 Å². The molecule has 3 fully saturated rings. The van der Waals surface area contributed by atoms with Gasteiger partial charge in [0, 0.05) is 32.1 Å². The molecule has 1 aromatic carbocycles. The number of carbonyl (C=O) groups is 1. The van der Waals surface area contributed by atoms with Crippen LogP contribution in [-0.4, -0.2) is 62.8 Å². The first-order chi connectivity index (χ1) is 12.4. The molecule has 6 nitrogen and oxygen atoms in total. The highest BCUT2D eigenvalue weighted by Crippen LogP contribution is 2.59. The number of amides is 1. The zero-order valence-corrected chi connectivity index (χ0v) is 16.2. The van der Waals surface area contributed by atoms with Crippen LogP contribution in [0.25, 0.3) is 0 Å². The van der Waals surface area contributed by atoms with Crippen LogP contribution in [-0.2, 0) is 14.8 Å². The molecule has 1 aliphatic carbocycles. The van der Waals surface area contributed by atoms with Gasteiger partial charge in [0.1, 0.15) is 4.90 Å². The standard InChI is InChI=1S/C18H24ClN3O3S/c19-15-3-1-2-4-16(15)26(24,25)22-11-9-21(10-12-22)17(23)14-13-18(14)5-7-20-8-6-18/h1-4,14,20H,5-13H2. The fraction of sp³-hybridized carbons (Fsp3) is 0.611. The Kier molecular flexibility index (Phi) is 4.75. The lowest BCUT2D eigenvalue weighted by molar-refractivity contribution is -0.134. The van der Waals surface area contributed by atoms with Crippen LogP contribution >= 0.6 is 11.6 Å². The van der Waals surface area contributed by atoms with E-state index in [4.69, 9.17) is 11.6 Å². The second kappa shape index (κ2) is 6.78. The highest BCUT2D eigenvalue weighted by Gasteiger charge is 2.58. The molecule has 1 amide bonds. The SMILES string of the molecule is O=C(C1CC12CCNCC2)N1CCN(S(=O)(=O)c2ccccc2Cl)CC1. The van der Waals surface area contributed by atoms with Crippen LogP contribution in [0.1, 0.15) is 19.3 Å². The van der Waals surface area contributed by atoms with Crippen LogP contribution in [0.5, 0.6) is 0 Å². The Bertz CT molecular complexity index is 800. The van der Waals surface area contributed by atoms with Crippen molar-refractivity contribution >= 4 is 27.5 Å². The normalized spacial score (nSPS) is 26.0. The highest BCUT2D eigenvalue weighted by atomic mass is 35.5. The van der Waals surface area contributed by atoms with E-state index in [2.05, 4.69) is 5.32 Å². The molecular formula is C18H24ClN3O3S. The minimum atomic E-state index is -3.62. The van der Waals surface area contributed by atoms with Crippen LogP contribution in [0.3, 0.4) is 0 Å². The quantitative estimate of drug-likeness (QED) is 0.840. The summed E-state index contributed by atoms with van der Waals surface area (Å²) < 4.78 is 27.0. The van der Waals surface area contributed by atoms with E-state index in [0.717, 1.165) is 32.4 Å². The maximum atomic E-state index is 12.8. The minimum Gasteiger partial charge on any atom is -0.340 e. The first-order valence-corrected chi connectivity index (χ1v) is 11.0. The Morgan fingerprint density at radius 3 is 2.42 bits per heavy atom. The molecule has 1 saturated carbocycles. The zero-order chi connectivity index (χ0) is 18.4. The zero-order valence-electron chi connectivity index (χ0n) is 14.7. The van der Waals surface area contributed by atoms with E-state index in [0.29, 0.717) is 26.2 Å². The van der Waals surface area contributed by atoms with Gasteiger partial charge < -0.3 is 10.2 Å². The van der Waals surface area contributed by atoms with Gasteiger partial charge >= 0.3 is 0 Å². The van der Waals surface area contributed by atoms with Gasteiger partial charge in [0.05, 0.1) is 5.02 Å². The molecule has 2 aliphatic heterocycles. The van der Waals surface area contributed by atoms with Crippen LogP contribution in [0, 0.1) is 11.3 Å². The Hall–Kier alpha value is -1.15. The van der Waals surface area contributed by atoms with Gasteiger partial charge in [-0.3, -0.25) is 4.79 Å². The summed E-state index contributed by atoms with van der Waals surface area (Å²) in [6.45, 7) is 3.53. The average Bonchev–Trinajstić information content (AvgIpc) is 3.34. The number of benzene rings is 1. The molecule has 4 rings (SSSR count). The average molecular weight is 398 g/mol. The van der Waals surface area contributed by atoms with Crippen molar-refractivity contribution < 1.29 is 13.2 Å². The number of sulfonamides is 1. The number of nitrogens with one attached hydrogen (secondary N) is 1. The molecule has 1 spiro atoms. The van der Waals surface area contributed by atoms with E-state index in [1.54, 1.807) is 18.2 Å². The summed E-state index contributed by atoms with van der Waals surface area (Å²) in [5, 5.41) is 3.59. The van der Waals surface area contributed by atoms with E-state index in [-0.39, 0.29) is 27.2 Å². The highest BCUT2D eigenvalue weighted by molar-refractivity contribution is 7.89. The Morgan fingerprint density at radius 1 is 1.12 bits per heavy atom. The van der Waals surface area contributed by atoms with Gasteiger partial charge in [0.25, 0.3) is 0 Å². The Balaban J connectivity index is 1.39. The molecule has 142 valence electrons. The lowest BCUT2D eigenvalue weighted by Gasteiger charge is -2.35. The molecule has 1 unspecified atom stereocenters. The molecule has 1 atom stereocenters. The Morgan fingerprint density at radius 2 is 1.77 bits per heavy atom. The monoisotopic (exact) mass is 397 g/mol. The van der Waals surface area contributed by atoms with Crippen molar-refractivity contribution in [3.63, 3.8) is 0 Å². The van der Waals surface area contributed by atoms with Gasteiger partial charge in [0.2, 0.25) is 15.9 Å². The molecule has 1 aromatic rings. The second-order valence-electron chi connectivity index (χ2n) is 7.53. The number of carbonyl (C=O) groups excluding carboxylic acids is 1. The smallest absolute Gasteiger partial charge is 0.244 e. The maximum absolute atomic E-state index is 12.8. The lowest BCUT2D eigenvalue weighted by Crippen LogP contribution is -2.51. The van der Waals surface area contributed by atoms with Crippen LogP contribution in [0.2, 0.25) is 5.02 Å². The summed E-state index contributed by atoms with van der Waals surface area (Å²) in [7, 11) is -3.62. The van der Waals surface area contributed by atoms with Gasteiger partial charge in [-0.05, 0) is 49.9 Å². The molecule has 2 saturated heterocycles. The largest absolute Gasteiger partial charge is 0.340 e. The fourth-order valence-corrected chi connectivity index (χ4v) is 6.25. The van der Waals surface area contributed by atoms with Crippen molar-refractivity contribution in [3.05, 3.63) is 29.3 Å². The van der Waals surface area contributed by atoms with Crippen LogP contribution in [0.4, 0.5) is 0 Å². The summed E-state index contributed by atoms with van der Waals surface area (Å²) in [6, 6.07) is 6.49. The molecule has 1 N–H and O–H groups in total. The van der Waals surface area contributed by atoms with E-state index in [1.807, 2.05) is 4.90 Å². The van der Waals surface area contributed by atoms with E-state index >= 15 is 0 Å². The summed E-state index contributed by atoms with van der Waals surface area (Å²) in [4.78, 5) is 14.8. The van der Waals surface area contributed by atoms with Crippen molar-refractivity contribution in [1.29, 1.82) is 0 Å². The fourth-order valence-electron chi connectivity index (χ4n) is 4.34. The second-order valence-corrected chi connectivity index (χ2v) is 9.84. The molecule has 2 heterocycles. The van der Waals surface area contributed by atoms with Crippen molar-refractivity contribution in [3.8, 4) is 0 Å². The number of halogens is 1. The minimum absolute atomic E-state index is 0.135. The third-order valence-corrected chi connectivity index (χ3v) is 8.49. The molecule has 3 aliphatic rings. The summed E-state index contributed by atoms with van der Waals surface area (Å²) in [6.07, 6.45) is 3.14. The van der Waals surface area contributed by atoms with Gasteiger partial charge in [-0.15, -0.1) is 0 Å². The third-order valence-electron chi connectivity index (χ3n) is 6.09. The number of hydrogen-bond acceptors (Lipinski definition) is 4. The van der Waals surface area contributed by atoms with Crippen molar-refractivity contribution in [2.75, 3.05) is 39.3 Å². The molecular weight excluding hydrogens is 374 g/mol.